The average molecular weight is 395 g/mol. The maximum absolute atomic E-state index is 12.7. The second-order valence-electron chi connectivity index (χ2n) is 6.96. The highest BCUT2D eigenvalue weighted by Gasteiger charge is 2.22. The summed E-state index contributed by atoms with van der Waals surface area (Å²) in [7, 11) is 3.29. The lowest BCUT2D eigenvalue weighted by Gasteiger charge is -2.21. The molecule has 3 rings (SSSR count). The van der Waals surface area contributed by atoms with E-state index in [2.05, 4.69) is 10.1 Å². The first-order chi connectivity index (χ1) is 13.9. The van der Waals surface area contributed by atoms with E-state index in [9.17, 15) is 4.79 Å². The van der Waals surface area contributed by atoms with Gasteiger partial charge in [-0.3, -0.25) is 4.79 Å². The number of carbonyl (C=O) groups is 1. The number of methoxy groups -OCH3 is 1. The summed E-state index contributed by atoms with van der Waals surface area (Å²) >= 11 is 0. The van der Waals surface area contributed by atoms with Gasteiger partial charge in [0.2, 0.25) is 11.7 Å². The molecule has 3 aromatic rings. The lowest BCUT2D eigenvalue weighted by atomic mass is 10.1. The fourth-order valence-electron chi connectivity index (χ4n) is 2.94. The standard InChI is InChI=1S/C22H25N3O4/c1-14-6-11-19(15(2)12-14)28-16(3)22(26)25(4)13-20-23-21(24-29-20)17-7-9-18(27-5)10-8-17/h6-12,16H,13H2,1-5H3/t16-/m0/s1. The van der Waals surface area contributed by atoms with E-state index in [4.69, 9.17) is 14.0 Å². The molecule has 29 heavy (non-hydrogen) atoms. The van der Waals surface area contributed by atoms with E-state index in [1.807, 2.05) is 56.3 Å². The van der Waals surface area contributed by atoms with Gasteiger partial charge in [0.15, 0.2) is 6.10 Å². The summed E-state index contributed by atoms with van der Waals surface area (Å²) in [4.78, 5) is 18.6. The van der Waals surface area contributed by atoms with Crippen LogP contribution in [0.2, 0.25) is 0 Å². The molecule has 0 fully saturated rings. The van der Waals surface area contributed by atoms with E-state index < -0.39 is 6.10 Å². The smallest absolute Gasteiger partial charge is 0.263 e. The van der Waals surface area contributed by atoms with Gasteiger partial charge in [0.05, 0.1) is 13.7 Å². The molecule has 7 nitrogen and oxygen atoms in total. The third-order valence-corrected chi connectivity index (χ3v) is 4.55. The van der Waals surface area contributed by atoms with Crippen LogP contribution in [0, 0.1) is 13.8 Å². The second-order valence-corrected chi connectivity index (χ2v) is 6.96. The van der Waals surface area contributed by atoms with Crippen LogP contribution < -0.4 is 9.47 Å². The van der Waals surface area contributed by atoms with E-state index in [0.29, 0.717) is 17.5 Å². The van der Waals surface area contributed by atoms with Crippen molar-refractivity contribution in [1.29, 1.82) is 0 Å². The number of amides is 1. The molecule has 0 radical (unpaired) electrons. The zero-order chi connectivity index (χ0) is 21.0. The van der Waals surface area contributed by atoms with Crippen LogP contribution in [0.15, 0.2) is 47.0 Å². The predicted octanol–water partition coefficient (Wildman–Crippen LogP) is 3.79. The quantitative estimate of drug-likeness (QED) is 0.606. The maximum atomic E-state index is 12.7. The van der Waals surface area contributed by atoms with Crippen LogP contribution in [0.5, 0.6) is 11.5 Å². The van der Waals surface area contributed by atoms with Crippen LogP contribution >= 0.6 is 0 Å². The number of hydrogen-bond donors (Lipinski definition) is 0. The van der Waals surface area contributed by atoms with Gasteiger partial charge in [-0.1, -0.05) is 22.9 Å². The minimum atomic E-state index is -0.634. The molecule has 0 bridgehead atoms. The molecule has 0 aliphatic rings. The normalized spacial score (nSPS) is 11.8. The third-order valence-electron chi connectivity index (χ3n) is 4.55. The average Bonchev–Trinajstić information content (AvgIpc) is 3.17. The van der Waals surface area contributed by atoms with E-state index in [1.165, 1.54) is 4.90 Å². The summed E-state index contributed by atoms with van der Waals surface area (Å²) in [5, 5.41) is 3.99. The number of likely N-dealkylation sites (N-methyl/N-ethyl adjacent to an activating group) is 1. The monoisotopic (exact) mass is 395 g/mol. The molecule has 0 unspecified atom stereocenters. The van der Waals surface area contributed by atoms with Crippen molar-refractivity contribution < 1.29 is 18.8 Å². The van der Waals surface area contributed by atoms with Gasteiger partial charge in [0.25, 0.3) is 5.91 Å². The summed E-state index contributed by atoms with van der Waals surface area (Å²) in [6.45, 7) is 5.91. The number of aryl methyl sites for hydroxylation is 2. The number of carbonyl (C=O) groups excluding carboxylic acids is 1. The van der Waals surface area contributed by atoms with Crippen LogP contribution in [-0.4, -0.2) is 41.2 Å². The van der Waals surface area contributed by atoms with E-state index in [0.717, 1.165) is 22.4 Å². The Morgan fingerprint density at radius 3 is 2.55 bits per heavy atom. The fraction of sp³-hybridized carbons (Fsp3) is 0.318. The van der Waals surface area contributed by atoms with Crippen molar-refractivity contribution in [2.75, 3.05) is 14.2 Å². The van der Waals surface area contributed by atoms with Crippen LogP contribution in [-0.2, 0) is 11.3 Å². The maximum Gasteiger partial charge on any atom is 0.263 e. The van der Waals surface area contributed by atoms with Gasteiger partial charge < -0.3 is 18.9 Å². The van der Waals surface area contributed by atoms with E-state index in [1.54, 1.807) is 21.1 Å². The largest absolute Gasteiger partial charge is 0.497 e. The number of nitrogens with zero attached hydrogens (tertiary/aromatic N) is 3. The molecule has 0 N–H and O–H groups in total. The SMILES string of the molecule is COc1ccc(-c2noc(CN(C)C(=O)[C@H](C)Oc3ccc(C)cc3C)n2)cc1. The van der Waals surface area contributed by atoms with Crippen molar-refractivity contribution in [3.05, 3.63) is 59.5 Å². The first-order valence-corrected chi connectivity index (χ1v) is 9.33. The van der Waals surface area contributed by atoms with Crippen LogP contribution in [0.4, 0.5) is 0 Å². The Labute approximate surface area is 170 Å². The Bertz CT molecular complexity index is 982. The van der Waals surface area contributed by atoms with Gasteiger partial charge in [-0.2, -0.15) is 4.98 Å². The lowest BCUT2D eigenvalue weighted by Crippen LogP contribution is -2.37. The molecule has 152 valence electrons. The van der Waals surface area contributed by atoms with Gasteiger partial charge in [0, 0.05) is 12.6 Å². The number of aromatic nitrogens is 2. The zero-order valence-electron chi connectivity index (χ0n) is 17.3. The highest BCUT2D eigenvalue weighted by molar-refractivity contribution is 5.80. The Morgan fingerprint density at radius 2 is 1.90 bits per heavy atom. The van der Waals surface area contributed by atoms with E-state index in [-0.39, 0.29) is 12.5 Å². The molecular formula is C22H25N3O4. The molecule has 1 aromatic heterocycles. The Balaban J connectivity index is 1.62. The number of ether oxygens (including phenoxy) is 2. The van der Waals surface area contributed by atoms with Crippen LogP contribution in [0.25, 0.3) is 11.4 Å². The molecule has 0 saturated heterocycles. The predicted molar refractivity (Wildman–Crippen MR) is 109 cm³/mol. The molecule has 1 atom stereocenters. The lowest BCUT2D eigenvalue weighted by molar-refractivity contribution is -0.137. The molecule has 0 aliphatic carbocycles. The van der Waals surface area contributed by atoms with Crippen molar-refractivity contribution in [2.45, 2.75) is 33.4 Å². The van der Waals surface area contributed by atoms with Crippen molar-refractivity contribution in [3.63, 3.8) is 0 Å². The zero-order valence-corrected chi connectivity index (χ0v) is 17.3. The first kappa shape index (κ1) is 20.4. The van der Waals surface area contributed by atoms with Crippen molar-refractivity contribution >= 4 is 5.91 Å². The molecule has 0 aliphatic heterocycles. The molecule has 1 heterocycles. The van der Waals surface area contributed by atoms with Gasteiger partial charge in [0.1, 0.15) is 11.5 Å². The van der Waals surface area contributed by atoms with Gasteiger partial charge >= 0.3 is 0 Å². The van der Waals surface area contributed by atoms with Crippen molar-refractivity contribution in [2.24, 2.45) is 0 Å². The molecular weight excluding hydrogens is 370 g/mol. The number of rotatable bonds is 7. The minimum Gasteiger partial charge on any atom is -0.497 e. The first-order valence-electron chi connectivity index (χ1n) is 9.33. The second kappa shape index (κ2) is 8.77. The molecule has 0 saturated carbocycles. The Kier molecular flexibility index (Phi) is 6.16. The summed E-state index contributed by atoms with van der Waals surface area (Å²) in [6.07, 6.45) is -0.634. The van der Waals surface area contributed by atoms with Gasteiger partial charge in [-0.15, -0.1) is 0 Å². The Hall–Kier alpha value is -3.35. The minimum absolute atomic E-state index is 0.172. The molecule has 0 spiro atoms. The van der Waals surface area contributed by atoms with Gasteiger partial charge in [-0.05, 0) is 56.7 Å². The third kappa shape index (κ3) is 4.93. The number of benzene rings is 2. The van der Waals surface area contributed by atoms with E-state index >= 15 is 0 Å². The summed E-state index contributed by atoms with van der Waals surface area (Å²) in [5.41, 5.74) is 2.95. The van der Waals surface area contributed by atoms with Crippen molar-refractivity contribution in [1.82, 2.24) is 15.0 Å². The number of hydrogen-bond acceptors (Lipinski definition) is 6. The summed E-state index contributed by atoms with van der Waals surface area (Å²) < 4.78 is 16.3. The molecule has 1 amide bonds. The fourth-order valence-corrected chi connectivity index (χ4v) is 2.94. The summed E-state index contributed by atoms with van der Waals surface area (Å²) in [5.74, 6) is 2.09. The molecule has 2 aromatic carbocycles. The summed E-state index contributed by atoms with van der Waals surface area (Å²) in [6, 6.07) is 13.2. The topological polar surface area (TPSA) is 77.7 Å². The van der Waals surface area contributed by atoms with Crippen LogP contribution in [0.3, 0.4) is 0 Å². The van der Waals surface area contributed by atoms with Gasteiger partial charge in [-0.25, -0.2) is 0 Å². The van der Waals surface area contributed by atoms with Crippen molar-refractivity contribution in [3.8, 4) is 22.9 Å². The highest BCUT2D eigenvalue weighted by atomic mass is 16.5. The van der Waals surface area contributed by atoms with Crippen LogP contribution in [0.1, 0.15) is 23.9 Å². The highest BCUT2D eigenvalue weighted by Crippen LogP contribution is 2.22. The Morgan fingerprint density at radius 1 is 1.17 bits per heavy atom. The molecule has 7 heteroatoms.